The van der Waals surface area contributed by atoms with Crippen molar-refractivity contribution in [2.75, 3.05) is 6.54 Å². The lowest BCUT2D eigenvalue weighted by atomic mass is 9.94. The first-order valence-corrected chi connectivity index (χ1v) is 4.58. The molecule has 0 fully saturated rings. The van der Waals surface area contributed by atoms with Crippen molar-refractivity contribution in [2.24, 2.45) is 5.73 Å². The Morgan fingerprint density at radius 3 is 2.31 bits per heavy atom. The molecule has 1 aromatic rings. The molecule has 6 heteroatoms. The Kier molecular flexibility index (Phi) is 3.85. The summed E-state index contributed by atoms with van der Waals surface area (Å²) in [5.74, 6) is -4.03. The first kappa shape index (κ1) is 12.9. The Morgan fingerprint density at radius 2 is 1.81 bits per heavy atom. The van der Waals surface area contributed by atoms with Gasteiger partial charge in [-0.1, -0.05) is 0 Å². The number of alkyl halides is 3. The molecule has 16 heavy (non-hydrogen) atoms. The van der Waals surface area contributed by atoms with Gasteiger partial charge in [-0.25, -0.2) is 8.78 Å². The third-order valence-electron chi connectivity index (χ3n) is 2.18. The van der Waals surface area contributed by atoms with Crippen LogP contribution in [0.2, 0.25) is 0 Å². The van der Waals surface area contributed by atoms with Gasteiger partial charge in [0.25, 0.3) is 0 Å². The highest BCUT2D eigenvalue weighted by atomic mass is 19.4. The summed E-state index contributed by atoms with van der Waals surface area (Å²) < 4.78 is 63.6. The van der Waals surface area contributed by atoms with Crippen LogP contribution in [0.1, 0.15) is 17.9 Å². The number of hydrogen-bond acceptors (Lipinski definition) is 1. The highest BCUT2D eigenvalue weighted by molar-refractivity contribution is 5.24. The molecule has 90 valence electrons. The first-order valence-electron chi connectivity index (χ1n) is 4.58. The highest BCUT2D eigenvalue weighted by Gasteiger charge is 2.41. The monoisotopic (exact) mass is 239 g/mol. The lowest BCUT2D eigenvalue weighted by Gasteiger charge is -2.20. The van der Waals surface area contributed by atoms with Crippen LogP contribution in [0.3, 0.4) is 0 Å². The molecule has 1 unspecified atom stereocenters. The molecule has 0 aliphatic heterocycles. The zero-order chi connectivity index (χ0) is 12.3. The van der Waals surface area contributed by atoms with E-state index in [0.717, 1.165) is 6.07 Å². The quantitative estimate of drug-likeness (QED) is 0.806. The van der Waals surface area contributed by atoms with Gasteiger partial charge in [0.15, 0.2) is 0 Å². The fraction of sp³-hybridized carbons (Fsp3) is 0.400. The molecule has 0 saturated heterocycles. The fourth-order valence-electron chi connectivity index (χ4n) is 1.44. The first-order chi connectivity index (χ1) is 7.36. The van der Waals surface area contributed by atoms with Crippen LogP contribution >= 0.6 is 0 Å². The van der Waals surface area contributed by atoms with E-state index in [1.54, 1.807) is 0 Å². The summed E-state index contributed by atoms with van der Waals surface area (Å²) in [6.45, 7) is -0.250. The molecule has 1 nitrogen and oxygen atoms in total. The Labute approximate surface area is 89.1 Å². The average Bonchev–Trinajstić information content (AvgIpc) is 2.17. The molecule has 1 atom stereocenters. The van der Waals surface area contributed by atoms with Crippen molar-refractivity contribution in [1.29, 1.82) is 0 Å². The van der Waals surface area contributed by atoms with Gasteiger partial charge in [-0.05, 0) is 31.2 Å². The molecule has 0 saturated carbocycles. The van der Waals surface area contributed by atoms with Crippen molar-refractivity contribution in [1.82, 2.24) is 0 Å². The number of halogens is 5. The van der Waals surface area contributed by atoms with Crippen LogP contribution in [0.25, 0.3) is 0 Å². The zero-order valence-corrected chi connectivity index (χ0v) is 8.19. The van der Waals surface area contributed by atoms with Gasteiger partial charge in [0, 0.05) is 5.56 Å². The van der Waals surface area contributed by atoms with Gasteiger partial charge < -0.3 is 5.73 Å². The third kappa shape index (κ3) is 2.91. The Bertz CT molecular complexity index is 361. The standard InChI is InChI=1S/C10H10F5N/c11-6-1-2-9(12)7(5-6)8(3-4-16)10(13,14)15/h1-2,5,8H,3-4,16H2. The molecule has 0 amide bonds. The Hall–Kier alpha value is -1.17. The summed E-state index contributed by atoms with van der Waals surface area (Å²) in [6.07, 6.45) is -5.10. The number of benzene rings is 1. The predicted octanol–water partition coefficient (Wildman–Crippen LogP) is 2.96. The van der Waals surface area contributed by atoms with Crippen LogP contribution in [0, 0.1) is 11.6 Å². The molecule has 0 aliphatic rings. The molecule has 0 aliphatic carbocycles. The van der Waals surface area contributed by atoms with Crippen molar-refractivity contribution < 1.29 is 22.0 Å². The average molecular weight is 239 g/mol. The molecule has 0 aromatic heterocycles. The van der Waals surface area contributed by atoms with E-state index in [1.807, 2.05) is 0 Å². The number of hydrogen-bond donors (Lipinski definition) is 1. The lowest BCUT2D eigenvalue weighted by molar-refractivity contribution is -0.152. The van der Waals surface area contributed by atoms with Crippen molar-refractivity contribution >= 4 is 0 Å². The molecule has 0 heterocycles. The zero-order valence-electron chi connectivity index (χ0n) is 8.19. The summed E-state index contributed by atoms with van der Waals surface area (Å²) in [7, 11) is 0. The molecule has 0 bridgehead atoms. The molecule has 1 aromatic carbocycles. The van der Waals surface area contributed by atoms with Crippen LogP contribution in [0.15, 0.2) is 18.2 Å². The third-order valence-corrected chi connectivity index (χ3v) is 2.18. The molecule has 0 radical (unpaired) electrons. The predicted molar refractivity (Wildman–Crippen MR) is 48.8 cm³/mol. The molecule has 1 rings (SSSR count). The molecule has 2 N–H and O–H groups in total. The van der Waals surface area contributed by atoms with Gasteiger partial charge in [-0.3, -0.25) is 0 Å². The molecular formula is C10H10F5N. The van der Waals surface area contributed by atoms with Gasteiger partial charge in [0.1, 0.15) is 11.6 Å². The second-order valence-corrected chi connectivity index (χ2v) is 3.34. The maximum atomic E-state index is 13.2. The van der Waals surface area contributed by atoms with Crippen molar-refractivity contribution in [2.45, 2.75) is 18.5 Å². The van der Waals surface area contributed by atoms with Crippen molar-refractivity contribution in [3.63, 3.8) is 0 Å². The van der Waals surface area contributed by atoms with E-state index in [1.165, 1.54) is 0 Å². The van der Waals surface area contributed by atoms with E-state index in [2.05, 4.69) is 0 Å². The second kappa shape index (κ2) is 4.78. The van der Waals surface area contributed by atoms with Crippen LogP contribution in [0.5, 0.6) is 0 Å². The van der Waals surface area contributed by atoms with E-state index in [4.69, 9.17) is 5.73 Å². The van der Waals surface area contributed by atoms with Crippen molar-refractivity contribution in [3.05, 3.63) is 35.4 Å². The van der Waals surface area contributed by atoms with E-state index in [-0.39, 0.29) is 6.54 Å². The van der Waals surface area contributed by atoms with Gasteiger partial charge in [0.05, 0.1) is 5.92 Å². The second-order valence-electron chi connectivity index (χ2n) is 3.34. The van der Waals surface area contributed by atoms with Crippen molar-refractivity contribution in [3.8, 4) is 0 Å². The van der Waals surface area contributed by atoms with E-state index in [0.29, 0.717) is 12.1 Å². The minimum absolute atomic E-state index is 0.250. The van der Waals surface area contributed by atoms with Gasteiger partial charge in [-0.15, -0.1) is 0 Å². The Balaban J connectivity index is 3.15. The normalized spacial score (nSPS) is 13.9. The number of nitrogens with two attached hydrogens (primary N) is 1. The largest absolute Gasteiger partial charge is 0.395 e. The molecular weight excluding hydrogens is 229 g/mol. The van der Waals surface area contributed by atoms with Crippen LogP contribution in [-0.4, -0.2) is 12.7 Å². The topological polar surface area (TPSA) is 26.0 Å². The number of rotatable bonds is 3. The smallest absolute Gasteiger partial charge is 0.330 e. The maximum absolute atomic E-state index is 13.2. The van der Waals surface area contributed by atoms with E-state index in [9.17, 15) is 22.0 Å². The summed E-state index contributed by atoms with van der Waals surface area (Å²) in [5.41, 5.74) is 4.34. The minimum atomic E-state index is -4.63. The lowest BCUT2D eigenvalue weighted by Crippen LogP contribution is -2.24. The van der Waals surface area contributed by atoms with E-state index < -0.39 is 35.7 Å². The van der Waals surface area contributed by atoms with Gasteiger partial charge >= 0.3 is 6.18 Å². The Morgan fingerprint density at radius 1 is 1.19 bits per heavy atom. The summed E-state index contributed by atoms with van der Waals surface area (Å²) in [4.78, 5) is 0. The van der Waals surface area contributed by atoms with Crippen LogP contribution in [-0.2, 0) is 0 Å². The SMILES string of the molecule is NCCC(c1cc(F)ccc1F)C(F)(F)F. The highest BCUT2D eigenvalue weighted by Crippen LogP contribution is 2.38. The molecule has 0 spiro atoms. The van der Waals surface area contributed by atoms with Gasteiger partial charge in [0.2, 0.25) is 0 Å². The maximum Gasteiger partial charge on any atom is 0.395 e. The van der Waals surface area contributed by atoms with E-state index >= 15 is 0 Å². The fourth-order valence-corrected chi connectivity index (χ4v) is 1.44. The summed E-state index contributed by atoms with van der Waals surface area (Å²) in [6, 6.07) is 2.01. The van der Waals surface area contributed by atoms with Crippen LogP contribution < -0.4 is 5.73 Å². The minimum Gasteiger partial charge on any atom is -0.330 e. The van der Waals surface area contributed by atoms with Gasteiger partial charge in [-0.2, -0.15) is 13.2 Å². The summed E-state index contributed by atoms with van der Waals surface area (Å²) in [5, 5.41) is 0. The van der Waals surface area contributed by atoms with Crippen LogP contribution in [0.4, 0.5) is 22.0 Å². The summed E-state index contributed by atoms with van der Waals surface area (Å²) >= 11 is 0.